The molecule has 0 fully saturated rings. The molecule has 0 spiro atoms. The van der Waals surface area contributed by atoms with Gasteiger partial charge in [0.1, 0.15) is 5.82 Å². The van der Waals surface area contributed by atoms with Crippen molar-refractivity contribution in [1.29, 1.82) is 0 Å². The van der Waals surface area contributed by atoms with E-state index in [1.807, 2.05) is 19.3 Å². The summed E-state index contributed by atoms with van der Waals surface area (Å²) in [4.78, 5) is 9.14. The van der Waals surface area contributed by atoms with Crippen LogP contribution in [0, 0.1) is 0 Å². The predicted octanol–water partition coefficient (Wildman–Crippen LogP) is 2.02. The van der Waals surface area contributed by atoms with Crippen molar-refractivity contribution in [2.24, 2.45) is 12.9 Å². The molecule has 0 radical (unpaired) electrons. The van der Waals surface area contributed by atoms with Crippen molar-refractivity contribution in [2.45, 2.75) is 39.5 Å². The van der Waals surface area contributed by atoms with Crippen molar-refractivity contribution in [3.63, 3.8) is 0 Å². The maximum Gasteiger partial charge on any atom is 0.165 e. The first-order chi connectivity index (χ1) is 9.35. The minimum absolute atomic E-state index is 0.0716. The lowest BCUT2D eigenvalue weighted by molar-refractivity contribution is 0.568. The zero-order valence-corrected chi connectivity index (χ0v) is 12.7. The summed E-state index contributed by atoms with van der Waals surface area (Å²) in [5, 5.41) is 4.44. The quantitative estimate of drug-likeness (QED) is 0.661. The molecule has 0 aliphatic carbocycles. The maximum atomic E-state index is 5.52. The molecule has 6 heteroatoms. The van der Waals surface area contributed by atoms with Crippen LogP contribution in [0.15, 0.2) is 12.3 Å². The van der Waals surface area contributed by atoms with Gasteiger partial charge in [-0.25, -0.2) is 15.8 Å². The monoisotopic (exact) mass is 274 g/mol. The van der Waals surface area contributed by atoms with Crippen LogP contribution in [-0.2, 0) is 18.9 Å². The molecule has 2 rings (SSSR count). The molecule has 0 unspecified atom stereocenters. The van der Waals surface area contributed by atoms with Crippen LogP contribution in [0.3, 0.4) is 0 Å². The number of nitrogens with two attached hydrogens (primary N) is 1. The van der Waals surface area contributed by atoms with Gasteiger partial charge >= 0.3 is 0 Å². The van der Waals surface area contributed by atoms with Gasteiger partial charge in [0.05, 0.1) is 17.0 Å². The molecule has 0 atom stereocenters. The van der Waals surface area contributed by atoms with Crippen molar-refractivity contribution in [3.05, 3.63) is 23.7 Å². The largest absolute Gasteiger partial charge is 0.308 e. The van der Waals surface area contributed by atoms with E-state index in [9.17, 15) is 0 Å². The maximum absolute atomic E-state index is 5.52. The van der Waals surface area contributed by atoms with Crippen LogP contribution < -0.4 is 11.3 Å². The molecule has 0 bridgehead atoms. The van der Waals surface area contributed by atoms with Crippen molar-refractivity contribution in [3.8, 4) is 11.4 Å². The highest BCUT2D eigenvalue weighted by atomic mass is 15.3. The Kier molecular flexibility index (Phi) is 3.76. The smallest absolute Gasteiger partial charge is 0.165 e. The Morgan fingerprint density at radius 1 is 1.30 bits per heavy atom. The molecule has 0 aliphatic rings. The number of nitrogens with zero attached hydrogens (tertiary/aromatic N) is 4. The van der Waals surface area contributed by atoms with E-state index in [-0.39, 0.29) is 5.41 Å². The molecule has 0 saturated heterocycles. The van der Waals surface area contributed by atoms with Gasteiger partial charge in [-0.2, -0.15) is 5.10 Å². The first-order valence-electron chi connectivity index (χ1n) is 6.74. The van der Waals surface area contributed by atoms with E-state index in [0.717, 1.165) is 23.4 Å². The summed E-state index contributed by atoms with van der Waals surface area (Å²) in [6.07, 6.45) is 2.78. The minimum Gasteiger partial charge on any atom is -0.308 e. The molecule has 20 heavy (non-hydrogen) atoms. The Labute approximate surface area is 119 Å². The zero-order chi connectivity index (χ0) is 14.9. The number of hydrogen-bond donors (Lipinski definition) is 2. The van der Waals surface area contributed by atoms with E-state index in [0.29, 0.717) is 11.6 Å². The Balaban J connectivity index is 2.61. The minimum atomic E-state index is -0.0716. The number of aromatic nitrogens is 4. The number of nitrogen functional groups attached to an aromatic ring is 1. The summed E-state index contributed by atoms with van der Waals surface area (Å²) in [5.74, 6) is 6.80. The number of hydrogen-bond acceptors (Lipinski definition) is 5. The number of aryl methyl sites for hydroxylation is 2. The summed E-state index contributed by atoms with van der Waals surface area (Å²) in [6.45, 7) is 8.41. The number of rotatable bonds is 3. The second kappa shape index (κ2) is 5.20. The Bertz CT molecular complexity index is 609. The van der Waals surface area contributed by atoms with Gasteiger partial charge in [0, 0.05) is 24.7 Å². The average molecular weight is 274 g/mol. The second-order valence-electron chi connectivity index (χ2n) is 5.87. The fraction of sp³-hybridized carbons (Fsp3) is 0.500. The lowest BCUT2D eigenvalue weighted by atomic mass is 9.92. The number of anilines is 1. The van der Waals surface area contributed by atoms with Crippen LogP contribution in [0.1, 0.15) is 39.1 Å². The van der Waals surface area contributed by atoms with Gasteiger partial charge in [-0.3, -0.25) is 4.68 Å². The summed E-state index contributed by atoms with van der Waals surface area (Å²) in [6, 6.07) is 1.88. The van der Waals surface area contributed by atoms with Gasteiger partial charge in [0.25, 0.3) is 0 Å². The van der Waals surface area contributed by atoms with Crippen LogP contribution >= 0.6 is 0 Å². The van der Waals surface area contributed by atoms with Crippen LogP contribution in [0.4, 0.5) is 5.82 Å². The topological polar surface area (TPSA) is 81.7 Å². The van der Waals surface area contributed by atoms with Gasteiger partial charge in [-0.05, 0) is 6.42 Å². The summed E-state index contributed by atoms with van der Waals surface area (Å²) in [7, 11) is 1.90. The lowest BCUT2D eigenvalue weighted by Gasteiger charge is -2.19. The molecule has 0 aliphatic heterocycles. The first kappa shape index (κ1) is 14.5. The Morgan fingerprint density at radius 3 is 2.55 bits per heavy atom. The predicted molar refractivity (Wildman–Crippen MR) is 80.1 cm³/mol. The van der Waals surface area contributed by atoms with Crippen LogP contribution in [0.2, 0.25) is 0 Å². The van der Waals surface area contributed by atoms with E-state index in [1.54, 1.807) is 4.68 Å². The highest BCUT2D eigenvalue weighted by molar-refractivity contribution is 5.60. The molecule has 0 aromatic carbocycles. The standard InChI is InChI=1S/C14H22N6/c1-6-10-9(8-20(5)19-10)13-16-11(14(2,3)4)7-12(17-13)18-15/h7-8H,6,15H2,1-5H3,(H,16,17,18). The normalized spacial score (nSPS) is 11.7. The SMILES string of the molecule is CCc1nn(C)cc1-c1nc(NN)cc(C(C)(C)C)n1. The highest BCUT2D eigenvalue weighted by Crippen LogP contribution is 2.27. The molecule has 108 valence electrons. The van der Waals surface area contributed by atoms with Gasteiger partial charge in [0.2, 0.25) is 0 Å². The highest BCUT2D eigenvalue weighted by Gasteiger charge is 2.20. The molecular weight excluding hydrogens is 252 g/mol. The fourth-order valence-corrected chi connectivity index (χ4v) is 2.01. The van der Waals surface area contributed by atoms with Gasteiger partial charge in [0.15, 0.2) is 5.82 Å². The molecule has 6 nitrogen and oxygen atoms in total. The third kappa shape index (κ3) is 2.80. The summed E-state index contributed by atoms with van der Waals surface area (Å²) >= 11 is 0. The van der Waals surface area contributed by atoms with Crippen molar-refractivity contribution < 1.29 is 0 Å². The van der Waals surface area contributed by atoms with Gasteiger partial charge in [-0.15, -0.1) is 0 Å². The Morgan fingerprint density at radius 2 is 2.00 bits per heavy atom. The third-order valence-corrected chi connectivity index (χ3v) is 3.12. The van der Waals surface area contributed by atoms with Crippen LogP contribution in [0.5, 0.6) is 0 Å². The molecular formula is C14H22N6. The van der Waals surface area contributed by atoms with E-state index < -0.39 is 0 Å². The summed E-state index contributed by atoms with van der Waals surface area (Å²) < 4.78 is 1.79. The van der Waals surface area contributed by atoms with Crippen molar-refractivity contribution >= 4 is 5.82 Å². The number of hydrazine groups is 1. The molecule has 2 aromatic heterocycles. The molecule has 2 heterocycles. The molecule has 3 N–H and O–H groups in total. The van der Waals surface area contributed by atoms with E-state index in [1.165, 1.54) is 0 Å². The number of nitrogens with one attached hydrogen (secondary N) is 1. The molecule has 0 amide bonds. The average Bonchev–Trinajstić information content (AvgIpc) is 2.78. The first-order valence-corrected chi connectivity index (χ1v) is 6.74. The van der Waals surface area contributed by atoms with E-state index in [4.69, 9.17) is 5.84 Å². The van der Waals surface area contributed by atoms with Gasteiger partial charge in [-0.1, -0.05) is 27.7 Å². The molecule has 0 saturated carbocycles. The third-order valence-electron chi connectivity index (χ3n) is 3.12. The lowest BCUT2D eigenvalue weighted by Crippen LogP contribution is -2.17. The van der Waals surface area contributed by atoms with E-state index in [2.05, 4.69) is 48.2 Å². The van der Waals surface area contributed by atoms with Crippen LogP contribution in [0.25, 0.3) is 11.4 Å². The van der Waals surface area contributed by atoms with Crippen LogP contribution in [-0.4, -0.2) is 19.7 Å². The van der Waals surface area contributed by atoms with Crippen molar-refractivity contribution in [1.82, 2.24) is 19.7 Å². The van der Waals surface area contributed by atoms with Crippen molar-refractivity contribution in [2.75, 3.05) is 5.43 Å². The molecule has 2 aromatic rings. The van der Waals surface area contributed by atoms with E-state index >= 15 is 0 Å². The fourth-order valence-electron chi connectivity index (χ4n) is 2.01. The van der Waals surface area contributed by atoms with Gasteiger partial charge < -0.3 is 5.43 Å². The second-order valence-corrected chi connectivity index (χ2v) is 5.87. The summed E-state index contributed by atoms with van der Waals surface area (Å²) in [5.41, 5.74) is 5.43. The zero-order valence-electron chi connectivity index (χ0n) is 12.7. The Hall–Kier alpha value is -1.95.